The fourth-order valence-electron chi connectivity index (χ4n) is 1.23. The molecule has 0 aliphatic rings. The molecule has 0 N–H and O–H groups in total. The Hall–Kier alpha value is 0.580. The molecule has 0 atom stereocenters. The van der Waals surface area contributed by atoms with Crippen LogP contribution in [0.2, 0.25) is 0 Å². The Balaban J connectivity index is 0. The summed E-state index contributed by atoms with van der Waals surface area (Å²) >= 11 is 10.6. The number of halogens is 2. The van der Waals surface area contributed by atoms with Crippen molar-refractivity contribution in [3.8, 4) is 0 Å². The Labute approximate surface area is 100 Å². The van der Waals surface area contributed by atoms with E-state index in [0.29, 0.717) is 0 Å². The first-order chi connectivity index (χ1) is 6.83. The molecule has 0 aliphatic heterocycles. The van der Waals surface area contributed by atoms with Crippen molar-refractivity contribution in [2.75, 3.05) is 11.8 Å². The Morgan fingerprint density at radius 2 is 1.00 bits per heavy atom. The molecule has 0 radical (unpaired) electrons. The molecule has 0 rings (SSSR count). The highest BCUT2D eigenvalue weighted by Gasteiger charge is 1.89. The Morgan fingerprint density at radius 1 is 0.643 bits per heavy atom. The standard InChI is InChI=1S/C10H21Cl.C2H5Cl/c1-2-3-4-5-6-7-8-9-10-11;1-2-3/h2-10H2,1H3;2H2,1H3. The molecule has 0 heterocycles. The summed E-state index contributed by atoms with van der Waals surface area (Å²) in [7, 11) is 0. The van der Waals surface area contributed by atoms with E-state index in [1.807, 2.05) is 6.92 Å². The van der Waals surface area contributed by atoms with Crippen LogP contribution in [0.4, 0.5) is 0 Å². The molecular formula is C12H26Cl2. The van der Waals surface area contributed by atoms with Crippen molar-refractivity contribution in [2.24, 2.45) is 0 Å². The molecule has 0 bridgehead atoms. The van der Waals surface area contributed by atoms with Crippen LogP contribution in [0.3, 0.4) is 0 Å². The molecule has 0 saturated heterocycles. The van der Waals surface area contributed by atoms with E-state index in [4.69, 9.17) is 23.2 Å². The van der Waals surface area contributed by atoms with E-state index in [2.05, 4.69) is 6.92 Å². The van der Waals surface area contributed by atoms with Gasteiger partial charge in [0, 0.05) is 11.8 Å². The van der Waals surface area contributed by atoms with Crippen LogP contribution < -0.4 is 0 Å². The SMILES string of the molecule is CCCCCCCCCCCl.CCCl. The van der Waals surface area contributed by atoms with E-state index >= 15 is 0 Å². The third kappa shape index (κ3) is 22.9. The Bertz CT molecular complexity index is 66.7. The van der Waals surface area contributed by atoms with Gasteiger partial charge >= 0.3 is 0 Å². The maximum atomic E-state index is 5.56. The topological polar surface area (TPSA) is 0 Å². The summed E-state index contributed by atoms with van der Waals surface area (Å²) in [6.45, 7) is 4.15. The molecule has 0 unspecified atom stereocenters. The van der Waals surface area contributed by atoms with E-state index < -0.39 is 0 Å². The van der Waals surface area contributed by atoms with Gasteiger partial charge in [-0.3, -0.25) is 0 Å². The van der Waals surface area contributed by atoms with Gasteiger partial charge in [-0.2, -0.15) is 0 Å². The third-order valence-corrected chi connectivity index (χ3v) is 2.25. The Kier molecular flexibility index (Phi) is 23.3. The maximum absolute atomic E-state index is 5.56. The lowest BCUT2D eigenvalue weighted by Gasteiger charge is -1.98. The summed E-state index contributed by atoms with van der Waals surface area (Å²) in [6.07, 6.45) is 10.9. The van der Waals surface area contributed by atoms with Crippen molar-refractivity contribution < 1.29 is 0 Å². The van der Waals surface area contributed by atoms with Crippen molar-refractivity contribution in [3.63, 3.8) is 0 Å². The Morgan fingerprint density at radius 3 is 1.36 bits per heavy atom. The van der Waals surface area contributed by atoms with E-state index in [-0.39, 0.29) is 0 Å². The number of rotatable bonds is 8. The lowest BCUT2D eigenvalue weighted by atomic mass is 10.1. The molecule has 14 heavy (non-hydrogen) atoms. The minimum Gasteiger partial charge on any atom is -0.127 e. The summed E-state index contributed by atoms with van der Waals surface area (Å²) in [5.74, 6) is 1.56. The fraction of sp³-hybridized carbons (Fsp3) is 1.00. The van der Waals surface area contributed by atoms with Crippen LogP contribution >= 0.6 is 23.2 Å². The summed E-state index contributed by atoms with van der Waals surface area (Å²) in [4.78, 5) is 0. The number of hydrogen-bond donors (Lipinski definition) is 0. The summed E-state index contributed by atoms with van der Waals surface area (Å²) < 4.78 is 0. The summed E-state index contributed by atoms with van der Waals surface area (Å²) in [5.41, 5.74) is 0. The number of alkyl halides is 2. The van der Waals surface area contributed by atoms with Gasteiger partial charge in [0.15, 0.2) is 0 Å². The second-order valence-electron chi connectivity index (χ2n) is 3.43. The quantitative estimate of drug-likeness (QED) is 0.382. The van der Waals surface area contributed by atoms with Crippen molar-refractivity contribution >= 4 is 23.2 Å². The van der Waals surface area contributed by atoms with Gasteiger partial charge < -0.3 is 0 Å². The van der Waals surface area contributed by atoms with E-state index in [1.54, 1.807) is 0 Å². The normalized spacial score (nSPS) is 9.43. The average molecular weight is 241 g/mol. The van der Waals surface area contributed by atoms with Gasteiger partial charge in [-0.15, -0.1) is 23.2 Å². The van der Waals surface area contributed by atoms with Crippen LogP contribution in [0.5, 0.6) is 0 Å². The minimum absolute atomic E-state index is 0.722. The first-order valence-corrected chi connectivity index (χ1v) is 7.02. The second-order valence-corrected chi connectivity index (χ2v) is 4.34. The van der Waals surface area contributed by atoms with Gasteiger partial charge in [0.1, 0.15) is 0 Å². The first-order valence-electron chi connectivity index (χ1n) is 5.95. The van der Waals surface area contributed by atoms with E-state index in [0.717, 1.165) is 11.8 Å². The smallest absolute Gasteiger partial charge is 0.0223 e. The van der Waals surface area contributed by atoms with Crippen molar-refractivity contribution in [1.82, 2.24) is 0 Å². The van der Waals surface area contributed by atoms with Crippen LogP contribution in [0, 0.1) is 0 Å². The molecule has 0 aromatic rings. The van der Waals surface area contributed by atoms with Gasteiger partial charge in [0.25, 0.3) is 0 Å². The highest BCUT2D eigenvalue weighted by Crippen LogP contribution is 2.08. The molecule has 88 valence electrons. The zero-order valence-corrected chi connectivity index (χ0v) is 11.3. The molecular weight excluding hydrogens is 215 g/mol. The molecule has 2 heteroatoms. The predicted octanol–water partition coefficient (Wildman–Crippen LogP) is 5.61. The molecule has 0 aliphatic carbocycles. The third-order valence-electron chi connectivity index (χ3n) is 1.99. The zero-order valence-electron chi connectivity index (χ0n) is 9.83. The van der Waals surface area contributed by atoms with Gasteiger partial charge in [-0.1, -0.05) is 58.8 Å². The lowest BCUT2D eigenvalue weighted by Crippen LogP contribution is -1.80. The van der Waals surface area contributed by atoms with Gasteiger partial charge in [-0.05, 0) is 6.42 Å². The number of hydrogen-bond acceptors (Lipinski definition) is 0. The van der Waals surface area contributed by atoms with Gasteiger partial charge in [0.2, 0.25) is 0 Å². The largest absolute Gasteiger partial charge is 0.127 e. The zero-order chi connectivity index (χ0) is 11.1. The van der Waals surface area contributed by atoms with Crippen LogP contribution in [-0.4, -0.2) is 11.8 Å². The monoisotopic (exact) mass is 240 g/mol. The van der Waals surface area contributed by atoms with Crippen LogP contribution in [-0.2, 0) is 0 Å². The number of unbranched alkanes of at least 4 members (excludes halogenated alkanes) is 7. The molecule has 0 aromatic carbocycles. The predicted molar refractivity (Wildman–Crippen MR) is 69.7 cm³/mol. The average Bonchev–Trinajstić information content (AvgIpc) is 2.18. The van der Waals surface area contributed by atoms with Gasteiger partial charge in [0.05, 0.1) is 0 Å². The van der Waals surface area contributed by atoms with E-state index in [9.17, 15) is 0 Å². The van der Waals surface area contributed by atoms with Crippen molar-refractivity contribution in [1.29, 1.82) is 0 Å². The van der Waals surface area contributed by atoms with E-state index in [1.165, 1.54) is 51.4 Å². The molecule has 0 spiro atoms. The van der Waals surface area contributed by atoms with Crippen LogP contribution in [0.25, 0.3) is 0 Å². The maximum Gasteiger partial charge on any atom is 0.0223 e. The van der Waals surface area contributed by atoms with Crippen molar-refractivity contribution in [2.45, 2.75) is 65.2 Å². The summed E-state index contributed by atoms with van der Waals surface area (Å²) in [5, 5.41) is 0. The molecule has 0 aromatic heterocycles. The first kappa shape index (κ1) is 17.0. The lowest BCUT2D eigenvalue weighted by molar-refractivity contribution is 0.586. The molecule has 0 fully saturated rings. The second kappa shape index (κ2) is 19.2. The fourth-order valence-corrected chi connectivity index (χ4v) is 1.42. The molecule has 0 amide bonds. The molecule has 0 nitrogen and oxygen atoms in total. The van der Waals surface area contributed by atoms with Crippen molar-refractivity contribution in [3.05, 3.63) is 0 Å². The van der Waals surface area contributed by atoms with Crippen LogP contribution in [0.1, 0.15) is 65.2 Å². The highest BCUT2D eigenvalue weighted by molar-refractivity contribution is 6.17. The highest BCUT2D eigenvalue weighted by atomic mass is 35.5. The van der Waals surface area contributed by atoms with Gasteiger partial charge in [-0.25, -0.2) is 0 Å². The minimum atomic E-state index is 0.722. The molecule has 0 saturated carbocycles. The summed E-state index contributed by atoms with van der Waals surface area (Å²) in [6, 6.07) is 0. The van der Waals surface area contributed by atoms with Crippen LogP contribution in [0.15, 0.2) is 0 Å².